The van der Waals surface area contributed by atoms with Crippen LogP contribution >= 0.6 is 0 Å². The minimum absolute atomic E-state index is 0.0571. The highest BCUT2D eigenvalue weighted by molar-refractivity contribution is 6.08. The van der Waals surface area contributed by atoms with Crippen molar-refractivity contribution in [2.24, 2.45) is 0 Å². The van der Waals surface area contributed by atoms with Gasteiger partial charge in [0.15, 0.2) is 0 Å². The predicted molar refractivity (Wildman–Crippen MR) is 73.4 cm³/mol. The third kappa shape index (κ3) is 4.17. The number of aliphatic carboxylic acids is 1. The van der Waals surface area contributed by atoms with E-state index in [2.05, 4.69) is 10.6 Å². The number of carbonyl (C=O) groups excluding carboxylic acids is 3. The molecule has 1 fully saturated rings. The van der Waals surface area contributed by atoms with Crippen LogP contribution in [-0.4, -0.2) is 51.9 Å². The Kier molecular flexibility index (Phi) is 5.28. The van der Waals surface area contributed by atoms with E-state index in [0.29, 0.717) is 6.42 Å². The van der Waals surface area contributed by atoms with Gasteiger partial charge in [0.2, 0.25) is 5.91 Å². The van der Waals surface area contributed by atoms with Gasteiger partial charge in [0, 0.05) is 12.5 Å². The van der Waals surface area contributed by atoms with Crippen molar-refractivity contribution in [2.75, 3.05) is 6.54 Å². The van der Waals surface area contributed by atoms with E-state index in [1.807, 2.05) is 0 Å². The van der Waals surface area contributed by atoms with E-state index in [-0.39, 0.29) is 25.4 Å². The first-order chi connectivity index (χ1) is 9.69. The van der Waals surface area contributed by atoms with Crippen LogP contribution in [0, 0.1) is 0 Å². The van der Waals surface area contributed by atoms with Gasteiger partial charge >= 0.3 is 12.0 Å². The van der Waals surface area contributed by atoms with Crippen LogP contribution in [0.1, 0.15) is 40.0 Å². The van der Waals surface area contributed by atoms with Crippen molar-refractivity contribution in [1.82, 2.24) is 15.5 Å². The lowest BCUT2D eigenvalue weighted by Crippen LogP contribution is -2.45. The van der Waals surface area contributed by atoms with E-state index < -0.39 is 29.4 Å². The van der Waals surface area contributed by atoms with E-state index >= 15 is 0 Å². The van der Waals surface area contributed by atoms with E-state index in [4.69, 9.17) is 5.11 Å². The summed E-state index contributed by atoms with van der Waals surface area (Å²) in [7, 11) is 0. The number of hydrogen-bond acceptors (Lipinski definition) is 4. The van der Waals surface area contributed by atoms with Gasteiger partial charge in [-0.1, -0.05) is 6.92 Å². The molecule has 3 N–H and O–H groups in total. The van der Waals surface area contributed by atoms with Crippen LogP contribution in [0.4, 0.5) is 4.79 Å². The van der Waals surface area contributed by atoms with Crippen molar-refractivity contribution < 1.29 is 24.3 Å². The largest absolute Gasteiger partial charge is 0.481 e. The second kappa shape index (κ2) is 6.55. The van der Waals surface area contributed by atoms with Crippen molar-refractivity contribution in [3.05, 3.63) is 0 Å². The van der Waals surface area contributed by atoms with Crippen LogP contribution in [0.2, 0.25) is 0 Å². The quantitative estimate of drug-likeness (QED) is 0.576. The third-order valence-corrected chi connectivity index (χ3v) is 3.55. The SMILES string of the molecule is CCC1(C)NC(=O)N(CC(=O)NC(C)CCC(=O)O)C1=O. The molecule has 0 aromatic carbocycles. The number of imide groups is 1. The average molecular weight is 299 g/mol. The Bertz CT molecular complexity index is 465. The lowest BCUT2D eigenvalue weighted by atomic mass is 9.99. The van der Waals surface area contributed by atoms with Gasteiger partial charge in [-0.15, -0.1) is 0 Å². The summed E-state index contributed by atoms with van der Waals surface area (Å²) in [4.78, 5) is 47.0. The number of nitrogens with one attached hydrogen (secondary N) is 2. The zero-order valence-electron chi connectivity index (χ0n) is 12.4. The molecule has 1 aliphatic heterocycles. The molecular weight excluding hydrogens is 278 g/mol. The molecular formula is C13H21N3O5. The molecule has 21 heavy (non-hydrogen) atoms. The fourth-order valence-electron chi connectivity index (χ4n) is 2.01. The monoisotopic (exact) mass is 299 g/mol. The summed E-state index contributed by atoms with van der Waals surface area (Å²) >= 11 is 0. The molecule has 0 aliphatic carbocycles. The smallest absolute Gasteiger partial charge is 0.325 e. The number of carboxylic acid groups (broad SMARTS) is 1. The maximum atomic E-state index is 12.1. The Morgan fingerprint density at radius 3 is 2.52 bits per heavy atom. The number of urea groups is 1. The molecule has 4 amide bonds. The number of hydrogen-bond donors (Lipinski definition) is 3. The molecule has 1 saturated heterocycles. The van der Waals surface area contributed by atoms with Crippen molar-refractivity contribution in [3.8, 4) is 0 Å². The number of rotatable bonds is 7. The average Bonchev–Trinajstić information content (AvgIpc) is 2.61. The van der Waals surface area contributed by atoms with E-state index in [9.17, 15) is 19.2 Å². The highest BCUT2D eigenvalue weighted by Gasteiger charge is 2.46. The molecule has 0 aromatic heterocycles. The zero-order valence-corrected chi connectivity index (χ0v) is 12.4. The molecule has 1 heterocycles. The maximum Gasteiger partial charge on any atom is 0.325 e. The standard InChI is InChI=1S/C13H21N3O5/c1-4-13(3)11(20)16(12(21)15-13)7-9(17)14-8(2)5-6-10(18)19/h8H,4-7H2,1-3H3,(H,14,17)(H,15,21)(H,18,19). The summed E-state index contributed by atoms with van der Waals surface area (Å²) in [5.41, 5.74) is -0.966. The molecule has 0 spiro atoms. The van der Waals surface area contributed by atoms with Crippen molar-refractivity contribution in [3.63, 3.8) is 0 Å². The number of carboxylic acids is 1. The fraction of sp³-hybridized carbons (Fsp3) is 0.692. The van der Waals surface area contributed by atoms with Gasteiger partial charge in [-0.05, 0) is 26.7 Å². The van der Waals surface area contributed by atoms with Gasteiger partial charge in [-0.3, -0.25) is 19.3 Å². The van der Waals surface area contributed by atoms with Crippen LogP contribution in [0.5, 0.6) is 0 Å². The van der Waals surface area contributed by atoms with Gasteiger partial charge in [0.05, 0.1) is 0 Å². The van der Waals surface area contributed by atoms with E-state index in [1.54, 1.807) is 20.8 Å². The molecule has 8 heteroatoms. The molecule has 0 aromatic rings. The molecule has 0 radical (unpaired) electrons. The number of amides is 4. The molecule has 0 bridgehead atoms. The molecule has 1 aliphatic rings. The zero-order chi connectivity index (χ0) is 16.2. The molecule has 0 saturated carbocycles. The van der Waals surface area contributed by atoms with E-state index in [1.165, 1.54) is 0 Å². The maximum absolute atomic E-state index is 12.1. The summed E-state index contributed by atoms with van der Waals surface area (Å²) in [6, 6.07) is -0.926. The number of nitrogens with zero attached hydrogens (tertiary/aromatic N) is 1. The van der Waals surface area contributed by atoms with Crippen LogP contribution < -0.4 is 10.6 Å². The Balaban J connectivity index is 2.53. The van der Waals surface area contributed by atoms with Gasteiger partial charge in [0.1, 0.15) is 12.1 Å². The van der Waals surface area contributed by atoms with Crippen LogP contribution in [0.3, 0.4) is 0 Å². The van der Waals surface area contributed by atoms with Crippen molar-refractivity contribution in [1.29, 1.82) is 0 Å². The lowest BCUT2D eigenvalue weighted by Gasteiger charge is -2.19. The topological polar surface area (TPSA) is 116 Å². The first-order valence-electron chi connectivity index (χ1n) is 6.85. The fourth-order valence-corrected chi connectivity index (χ4v) is 2.01. The lowest BCUT2D eigenvalue weighted by molar-refractivity contribution is -0.137. The normalized spacial score (nSPS) is 22.9. The minimum Gasteiger partial charge on any atom is -0.481 e. The predicted octanol–water partition coefficient (Wildman–Crippen LogP) is 0.0764. The molecule has 1 rings (SSSR count). The summed E-state index contributed by atoms with van der Waals surface area (Å²) < 4.78 is 0. The summed E-state index contributed by atoms with van der Waals surface area (Å²) in [5.74, 6) is -1.86. The molecule has 2 unspecified atom stereocenters. The van der Waals surface area contributed by atoms with Gasteiger partial charge < -0.3 is 15.7 Å². The molecule has 118 valence electrons. The molecule has 2 atom stereocenters. The van der Waals surface area contributed by atoms with E-state index in [0.717, 1.165) is 4.90 Å². The van der Waals surface area contributed by atoms with Crippen LogP contribution in [-0.2, 0) is 14.4 Å². The third-order valence-electron chi connectivity index (χ3n) is 3.55. The van der Waals surface area contributed by atoms with Gasteiger partial charge in [-0.25, -0.2) is 4.79 Å². The van der Waals surface area contributed by atoms with Crippen molar-refractivity contribution in [2.45, 2.75) is 51.6 Å². The summed E-state index contributed by atoms with van der Waals surface area (Å²) in [6.45, 7) is 4.69. The highest BCUT2D eigenvalue weighted by atomic mass is 16.4. The Morgan fingerprint density at radius 1 is 1.43 bits per heavy atom. The minimum atomic E-state index is -0.966. The number of carbonyl (C=O) groups is 4. The second-order valence-electron chi connectivity index (χ2n) is 5.41. The first kappa shape index (κ1) is 16.9. The first-order valence-corrected chi connectivity index (χ1v) is 6.85. The van der Waals surface area contributed by atoms with Crippen LogP contribution in [0.25, 0.3) is 0 Å². The Morgan fingerprint density at radius 2 is 2.05 bits per heavy atom. The van der Waals surface area contributed by atoms with Crippen LogP contribution in [0.15, 0.2) is 0 Å². The Hall–Kier alpha value is -2.12. The van der Waals surface area contributed by atoms with Gasteiger partial charge in [0.25, 0.3) is 5.91 Å². The second-order valence-corrected chi connectivity index (χ2v) is 5.41. The highest BCUT2D eigenvalue weighted by Crippen LogP contribution is 2.20. The molecule has 8 nitrogen and oxygen atoms in total. The van der Waals surface area contributed by atoms with Gasteiger partial charge in [-0.2, -0.15) is 0 Å². The Labute approximate surface area is 122 Å². The summed E-state index contributed by atoms with van der Waals surface area (Å²) in [6.07, 6.45) is 0.664. The summed E-state index contributed by atoms with van der Waals surface area (Å²) in [5, 5.41) is 13.7. The van der Waals surface area contributed by atoms with Crippen molar-refractivity contribution >= 4 is 23.8 Å².